The number of hydrogen-bond acceptors (Lipinski definition) is 5. The van der Waals surface area contributed by atoms with Gasteiger partial charge in [-0.25, -0.2) is 0 Å². The van der Waals surface area contributed by atoms with Gasteiger partial charge in [-0.05, 0) is 35.9 Å². The molecule has 2 aromatic carbocycles. The Labute approximate surface area is 182 Å². The highest BCUT2D eigenvalue weighted by atomic mass is 16.6. The monoisotopic (exact) mass is 421 g/mol. The number of amides is 2. The van der Waals surface area contributed by atoms with Crippen LogP contribution < -0.4 is 19.7 Å². The maximum atomic E-state index is 12.5. The van der Waals surface area contributed by atoms with E-state index in [1.54, 1.807) is 6.08 Å². The van der Waals surface area contributed by atoms with Crippen LogP contribution in [0.5, 0.6) is 11.5 Å². The van der Waals surface area contributed by atoms with Gasteiger partial charge in [0.05, 0.1) is 0 Å². The number of nitrogens with one attached hydrogen (secondary N) is 1. The van der Waals surface area contributed by atoms with Crippen molar-refractivity contribution in [2.24, 2.45) is 0 Å². The Hall–Kier alpha value is -3.48. The lowest BCUT2D eigenvalue weighted by Gasteiger charge is -2.36. The van der Waals surface area contributed by atoms with Gasteiger partial charge in [0.15, 0.2) is 11.5 Å². The van der Waals surface area contributed by atoms with E-state index in [1.807, 2.05) is 41.3 Å². The van der Waals surface area contributed by atoms with Crippen molar-refractivity contribution in [1.29, 1.82) is 0 Å². The molecular weight excluding hydrogens is 394 g/mol. The molecule has 0 aliphatic carbocycles. The van der Waals surface area contributed by atoms with Gasteiger partial charge in [0.1, 0.15) is 13.2 Å². The van der Waals surface area contributed by atoms with Gasteiger partial charge in [-0.15, -0.1) is 0 Å². The fourth-order valence-corrected chi connectivity index (χ4v) is 3.70. The summed E-state index contributed by atoms with van der Waals surface area (Å²) >= 11 is 0. The van der Waals surface area contributed by atoms with E-state index in [0.29, 0.717) is 45.0 Å². The third-order valence-corrected chi connectivity index (χ3v) is 5.39. The molecule has 2 aromatic rings. The molecule has 1 saturated heterocycles. The van der Waals surface area contributed by atoms with E-state index in [-0.39, 0.29) is 11.8 Å². The maximum absolute atomic E-state index is 12.5. The Morgan fingerprint density at radius 2 is 1.68 bits per heavy atom. The molecule has 0 radical (unpaired) electrons. The number of ether oxygens (including phenoxy) is 2. The second kappa shape index (κ2) is 10.0. The quantitative estimate of drug-likeness (QED) is 0.725. The van der Waals surface area contributed by atoms with Gasteiger partial charge in [0.2, 0.25) is 11.8 Å². The number of rotatable bonds is 6. The summed E-state index contributed by atoms with van der Waals surface area (Å²) in [6, 6.07) is 15.8. The second-order valence-electron chi connectivity index (χ2n) is 7.48. The van der Waals surface area contributed by atoms with E-state index in [9.17, 15) is 9.59 Å². The van der Waals surface area contributed by atoms with Crippen LogP contribution in [0.15, 0.2) is 54.6 Å². The first-order valence-electron chi connectivity index (χ1n) is 10.6. The highest BCUT2D eigenvalue weighted by Gasteiger charge is 2.20. The number of anilines is 1. The van der Waals surface area contributed by atoms with Crippen LogP contribution >= 0.6 is 0 Å². The Bertz CT molecular complexity index is 937. The van der Waals surface area contributed by atoms with Crippen LogP contribution in [0.3, 0.4) is 0 Å². The average Bonchev–Trinajstić information content (AvgIpc) is 2.83. The second-order valence-corrected chi connectivity index (χ2v) is 7.48. The molecule has 0 saturated carbocycles. The minimum absolute atomic E-state index is 0.0730. The smallest absolute Gasteiger partial charge is 0.244 e. The van der Waals surface area contributed by atoms with Crippen molar-refractivity contribution < 1.29 is 19.1 Å². The minimum atomic E-state index is -0.225. The zero-order valence-corrected chi connectivity index (χ0v) is 17.5. The Kier molecular flexibility index (Phi) is 6.72. The molecule has 0 spiro atoms. The summed E-state index contributed by atoms with van der Waals surface area (Å²) in [5.41, 5.74) is 2.04. The van der Waals surface area contributed by atoms with Gasteiger partial charge < -0.3 is 24.6 Å². The average molecular weight is 421 g/mol. The van der Waals surface area contributed by atoms with Crippen molar-refractivity contribution in [3.63, 3.8) is 0 Å². The molecule has 0 aromatic heterocycles. The van der Waals surface area contributed by atoms with Crippen LogP contribution in [-0.2, 0) is 9.59 Å². The molecular formula is C24H27N3O4. The zero-order chi connectivity index (χ0) is 21.5. The zero-order valence-electron chi connectivity index (χ0n) is 17.5. The Balaban J connectivity index is 1.17. The molecule has 0 atom stereocenters. The lowest BCUT2D eigenvalue weighted by Crippen LogP contribution is -2.49. The van der Waals surface area contributed by atoms with Crippen molar-refractivity contribution in [3.8, 4) is 11.5 Å². The largest absolute Gasteiger partial charge is 0.486 e. The highest BCUT2D eigenvalue weighted by molar-refractivity contribution is 5.92. The Morgan fingerprint density at radius 1 is 0.935 bits per heavy atom. The van der Waals surface area contributed by atoms with Gasteiger partial charge in [0, 0.05) is 50.9 Å². The predicted molar refractivity (Wildman–Crippen MR) is 119 cm³/mol. The van der Waals surface area contributed by atoms with Crippen LogP contribution in [0.25, 0.3) is 6.08 Å². The lowest BCUT2D eigenvalue weighted by atomic mass is 10.2. The maximum Gasteiger partial charge on any atom is 0.244 e. The summed E-state index contributed by atoms with van der Waals surface area (Å²) in [7, 11) is 0. The van der Waals surface area contributed by atoms with E-state index in [4.69, 9.17) is 9.47 Å². The third kappa shape index (κ3) is 5.57. The van der Waals surface area contributed by atoms with Crippen LogP contribution in [0.1, 0.15) is 12.0 Å². The molecule has 4 rings (SSSR count). The Morgan fingerprint density at radius 3 is 2.45 bits per heavy atom. The fourth-order valence-electron chi connectivity index (χ4n) is 3.70. The standard InChI is InChI=1S/C24H27N3O4/c28-23(9-7-19-6-8-21-22(18-19)31-17-16-30-21)25-11-10-24(29)27-14-12-26(13-15-27)20-4-2-1-3-5-20/h1-9,18H,10-17H2,(H,25,28)/b9-7+. The molecule has 0 bridgehead atoms. The van der Waals surface area contributed by atoms with Gasteiger partial charge in [0.25, 0.3) is 0 Å². The first-order chi connectivity index (χ1) is 15.2. The van der Waals surface area contributed by atoms with Gasteiger partial charge in [-0.3, -0.25) is 9.59 Å². The molecule has 2 aliphatic heterocycles. The fraction of sp³-hybridized carbons (Fsp3) is 0.333. The van der Waals surface area contributed by atoms with Gasteiger partial charge >= 0.3 is 0 Å². The van der Waals surface area contributed by atoms with Crippen molar-refractivity contribution in [1.82, 2.24) is 10.2 Å². The normalized spacial score (nSPS) is 15.7. The van der Waals surface area contributed by atoms with Gasteiger partial charge in [-0.2, -0.15) is 0 Å². The van der Waals surface area contributed by atoms with Gasteiger partial charge in [-0.1, -0.05) is 24.3 Å². The first-order valence-corrected chi connectivity index (χ1v) is 10.6. The molecule has 7 heteroatoms. The van der Waals surface area contributed by atoms with Crippen molar-refractivity contribution >= 4 is 23.6 Å². The molecule has 1 fully saturated rings. The summed E-state index contributed by atoms with van der Waals surface area (Å²) in [6.07, 6.45) is 3.49. The number of piperazine rings is 1. The summed E-state index contributed by atoms with van der Waals surface area (Å²) in [5, 5.41) is 2.78. The number of nitrogens with zero attached hydrogens (tertiary/aromatic N) is 2. The van der Waals surface area contributed by atoms with Crippen molar-refractivity contribution in [3.05, 3.63) is 60.2 Å². The van der Waals surface area contributed by atoms with Crippen molar-refractivity contribution in [2.45, 2.75) is 6.42 Å². The lowest BCUT2D eigenvalue weighted by molar-refractivity contribution is -0.131. The SMILES string of the molecule is O=C(/C=C/c1ccc2c(c1)OCCO2)NCCC(=O)N1CCN(c2ccccc2)CC1. The topological polar surface area (TPSA) is 71.1 Å². The molecule has 2 heterocycles. The number of benzene rings is 2. The minimum Gasteiger partial charge on any atom is -0.486 e. The molecule has 162 valence electrons. The molecule has 31 heavy (non-hydrogen) atoms. The number of para-hydroxylation sites is 1. The van der Waals surface area contributed by atoms with Crippen LogP contribution in [0.2, 0.25) is 0 Å². The highest BCUT2D eigenvalue weighted by Crippen LogP contribution is 2.31. The van der Waals surface area contributed by atoms with E-state index in [1.165, 1.54) is 11.8 Å². The summed E-state index contributed by atoms with van der Waals surface area (Å²) in [6.45, 7) is 4.43. The third-order valence-electron chi connectivity index (χ3n) is 5.39. The first kappa shape index (κ1) is 20.8. The predicted octanol–water partition coefficient (Wildman–Crippen LogP) is 2.33. The van der Waals surface area contributed by atoms with E-state index in [0.717, 1.165) is 24.4 Å². The van der Waals surface area contributed by atoms with Crippen LogP contribution in [-0.4, -0.2) is 62.7 Å². The van der Waals surface area contributed by atoms with Crippen molar-refractivity contribution in [2.75, 3.05) is 50.8 Å². The van der Waals surface area contributed by atoms with E-state index >= 15 is 0 Å². The summed E-state index contributed by atoms with van der Waals surface area (Å²) in [5.74, 6) is 1.25. The molecule has 2 aliphatic rings. The molecule has 1 N–H and O–H groups in total. The van der Waals surface area contributed by atoms with Crippen LogP contribution in [0, 0.1) is 0 Å². The summed E-state index contributed by atoms with van der Waals surface area (Å²) < 4.78 is 11.0. The van der Waals surface area contributed by atoms with Crippen LogP contribution in [0.4, 0.5) is 5.69 Å². The number of carbonyl (C=O) groups excluding carboxylic acids is 2. The van der Waals surface area contributed by atoms with E-state index < -0.39 is 0 Å². The molecule has 7 nitrogen and oxygen atoms in total. The number of carbonyl (C=O) groups is 2. The molecule has 2 amide bonds. The number of hydrogen-bond donors (Lipinski definition) is 1. The summed E-state index contributed by atoms with van der Waals surface area (Å²) in [4.78, 5) is 28.7. The van der Waals surface area contributed by atoms with E-state index in [2.05, 4.69) is 22.3 Å². The molecule has 0 unspecified atom stereocenters. The number of fused-ring (bicyclic) bond motifs is 1.